The Bertz CT molecular complexity index is 769. The van der Waals surface area contributed by atoms with Gasteiger partial charge in [0.05, 0.1) is 17.5 Å². The predicted molar refractivity (Wildman–Crippen MR) is 71.7 cm³/mol. The lowest BCUT2D eigenvalue weighted by molar-refractivity contribution is 1.10. The molecule has 0 fully saturated rings. The Hall–Kier alpha value is -2.64. The third-order valence-corrected chi connectivity index (χ3v) is 3.06. The van der Waals surface area contributed by atoms with Gasteiger partial charge >= 0.3 is 0 Å². The fourth-order valence-corrected chi connectivity index (χ4v) is 1.73. The van der Waals surface area contributed by atoms with Crippen LogP contribution in [-0.4, -0.2) is 9.97 Å². The molecule has 0 saturated heterocycles. The fraction of sp³-hybridized carbons (Fsp3) is 0. The molecule has 0 spiro atoms. The van der Waals surface area contributed by atoms with E-state index in [2.05, 4.69) is 31.2 Å². The molecule has 1 aromatic heterocycles. The summed E-state index contributed by atoms with van der Waals surface area (Å²) in [4.78, 5) is 17.8. The Kier molecular flexibility index (Phi) is 3.60. The van der Waals surface area contributed by atoms with Crippen molar-refractivity contribution in [2.24, 2.45) is 0 Å². The second-order valence-corrected chi connectivity index (χ2v) is 4.30. The summed E-state index contributed by atoms with van der Waals surface area (Å²) in [5, 5.41) is 20.7. The lowest BCUT2D eigenvalue weighted by Gasteiger charge is -2.07. The number of aromatic nitrogens is 2. The molecule has 0 unspecified atom stereocenters. The van der Waals surface area contributed by atoms with Gasteiger partial charge in [-0.05, 0) is 34.1 Å². The summed E-state index contributed by atoms with van der Waals surface area (Å²) < 4.78 is 0.262. The molecule has 92 valence electrons. The Morgan fingerprint density at radius 2 is 2.00 bits per heavy atom. The second kappa shape index (κ2) is 5.34. The topological polar surface area (TPSA) is 105 Å². The first-order chi connectivity index (χ1) is 9.15. The van der Waals surface area contributed by atoms with E-state index in [0.717, 1.165) is 0 Å². The van der Waals surface area contributed by atoms with Gasteiger partial charge in [0, 0.05) is 5.69 Å². The van der Waals surface area contributed by atoms with Crippen LogP contribution >= 0.6 is 15.9 Å². The van der Waals surface area contributed by atoms with Gasteiger partial charge in [0.1, 0.15) is 16.6 Å². The Balaban J connectivity index is 2.40. The van der Waals surface area contributed by atoms with Gasteiger partial charge in [-0.25, -0.2) is 4.98 Å². The molecule has 0 amide bonds. The maximum atomic E-state index is 11.4. The zero-order chi connectivity index (χ0) is 13.8. The number of benzene rings is 1. The number of nitrogens with zero attached hydrogens (tertiary/aromatic N) is 3. The van der Waals surface area contributed by atoms with Crippen molar-refractivity contribution in [3.8, 4) is 12.1 Å². The highest BCUT2D eigenvalue weighted by Crippen LogP contribution is 2.21. The van der Waals surface area contributed by atoms with Crippen LogP contribution in [0, 0.1) is 22.7 Å². The van der Waals surface area contributed by atoms with Gasteiger partial charge in [-0.3, -0.25) is 4.79 Å². The number of nitrogens with one attached hydrogen (secondary N) is 2. The Labute approximate surface area is 116 Å². The van der Waals surface area contributed by atoms with Gasteiger partial charge in [-0.1, -0.05) is 0 Å². The average Bonchev–Trinajstić information content (AvgIpc) is 2.43. The van der Waals surface area contributed by atoms with E-state index in [1.54, 1.807) is 6.07 Å². The standard InChI is InChI=1S/C12H6BrN5O/c13-10-11(16-6-17-12(10)19)18-9-2-1-7(4-14)8(3-9)5-15/h1-3,6H,(H2,16,17,18,19). The van der Waals surface area contributed by atoms with E-state index in [1.807, 2.05) is 12.1 Å². The van der Waals surface area contributed by atoms with Crippen molar-refractivity contribution in [3.05, 3.63) is 50.5 Å². The van der Waals surface area contributed by atoms with Gasteiger partial charge in [0.2, 0.25) is 0 Å². The number of hydrogen-bond acceptors (Lipinski definition) is 5. The quantitative estimate of drug-likeness (QED) is 0.882. The number of H-pyrrole nitrogens is 1. The minimum atomic E-state index is -0.313. The molecule has 0 aliphatic heterocycles. The highest BCUT2D eigenvalue weighted by atomic mass is 79.9. The molecule has 0 bridgehead atoms. The summed E-state index contributed by atoms with van der Waals surface area (Å²) in [6.07, 6.45) is 1.27. The van der Waals surface area contributed by atoms with Gasteiger partial charge in [-0.15, -0.1) is 0 Å². The normalized spacial score (nSPS) is 9.42. The van der Waals surface area contributed by atoms with Crippen LogP contribution in [0.2, 0.25) is 0 Å². The predicted octanol–water partition coefficient (Wildman–Crippen LogP) is 2.02. The molecule has 2 aromatic rings. The van der Waals surface area contributed by atoms with E-state index >= 15 is 0 Å². The second-order valence-electron chi connectivity index (χ2n) is 3.50. The van der Waals surface area contributed by atoms with Crippen molar-refractivity contribution in [1.82, 2.24) is 9.97 Å². The number of aromatic amines is 1. The molecule has 7 heteroatoms. The zero-order valence-electron chi connectivity index (χ0n) is 9.44. The summed E-state index contributed by atoms with van der Waals surface area (Å²) in [6, 6.07) is 8.55. The summed E-state index contributed by atoms with van der Waals surface area (Å²) in [6.45, 7) is 0. The summed E-state index contributed by atoms with van der Waals surface area (Å²) in [5.41, 5.74) is 0.806. The van der Waals surface area contributed by atoms with Crippen LogP contribution in [0.15, 0.2) is 33.8 Å². The van der Waals surface area contributed by atoms with Crippen LogP contribution in [0.3, 0.4) is 0 Å². The molecule has 1 aromatic carbocycles. The molecule has 0 aliphatic rings. The van der Waals surface area contributed by atoms with Crippen LogP contribution < -0.4 is 10.9 Å². The SMILES string of the molecule is N#Cc1ccc(Nc2nc[nH]c(=O)c2Br)cc1C#N. The lowest BCUT2D eigenvalue weighted by Crippen LogP contribution is -2.10. The van der Waals surface area contributed by atoms with Crippen molar-refractivity contribution in [3.63, 3.8) is 0 Å². The third-order valence-electron chi connectivity index (χ3n) is 2.32. The maximum Gasteiger partial charge on any atom is 0.267 e. The molecule has 19 heavy (non-hydrogen) atoms. The molecular weight excluding hydrogens is 310 g/mol. The molecule has 6 nitrogen and oxygen atoms in total. The van der Waals surface area contributed by atoms with E-state index in [-0.39, 0.29) is 15.6 Å². The van der Waals surface area contributed by atoms with E-state index in [0.29, 0.717) is 17.1 Å². The number of nitriles is 2. The van der Waals surface area contributed by atoms with E-state index in [1.165, 1.54) is 18.5 Å². The third kappa shape index (κ3) is 2.62. The Morgan fingerprint density at radius 1 is 1.26 bits per heavy atom. The monoisotopic (exact) mass is 315 g/mol. The van der Waals surface area contributed by atoms with E-state index in [9.17, 15) is 4.79 Å². The molecular formula is C12H6BrN5O. The van der Waals surface area contributed by atoms with Crippen LogP contribution in [0.1, 0.15) is 11.1 Å². The number of hydrogen-bond donors (Lipinski definition) is 2. The number of rotatable bonds is 2. The number of halogens is 1. The average molecular weight is 316 g/mol. The maximum absolute atomic E-state index is 11.4. The van der Waals surface area contributed by atoms with Crippen molar-refractivity contribution in [2.75, 3.05) is 5.32 Å². The van der Waals surface area contributed by atoms with Gasteiger partial charge in [0.25, 0.3) is 5.56 Å². The summed E-state index contributed by atoms with van der Waals surface area (Å²) in [5.74, 6) is 0.331. The first-order valence-corrected chi connectivity index (χ1v) is 5.89. The molecule has 1 heterocycles. The van der Waals surface area contributed by atoms with Crippen LogP contribution in [0.4, 0.5) is 11.5 Å². The van der Waals surface area contributed by atoms with Crippen molar-refractivity contribution >= 4 is 27.4 Å². The lowest BCUT2D eigenvalue weighted by atomic mass is 10.1. The van der Waals surface area contributed by atoms with Crippen molar-refractivity contribution in [1.29, 1.82) is 10.5 Å². The van der Waals surface area contributed by atoms with Gasteiger partial charge in [0.15, 0.2) is 5.82 Å². The smallest absolute Gasteiger partial charge is 0.267 e. The molecule has 0 aliphatic carbocycles. The molecule has 2 N–H and O–H groups in total. The highest BCUT2D eigenvalue weighted by molar-refractivity contribution is 9.10. The molecule has 0 atom stereocenters. The van der Waals surface area contributed by atoms with Crippen LogP contribution in [0.25, 0.3) is 0 Å². The first-order valence-electron chi connectivity index (χ1n) is 5.10. The highest BCUT2D eigenvalue weighted by Gasteiger charge is 2.07. The molecule has 0 radical (unpaired) electrons. The number of anilines is 2. The van der Waals surface area contributed by atoms with Crippen LogP contribution in [0.5, 0.6) is 0 Å². The fourth-order valence-electron chi connectivity index (χ4n) is 1.42. The van der Waals surface area contributed by atoms with E-state index in [4.69, 9.17) is 10.5 Å². The zero-order valence-corrected chi connectivity index (χ0v) is 11.0. The van der Waals surface area contributed by atoms with Crippen molar-refractivity contribution < 1.29 is 0 Å². The Morgan fingerprint density at radius 3 is 2.68 bits per heavy atom. The van der Waals surface area contributed by atoms with Gasteiger partial charge < -0.3 is 10.3 Å². The van der Waals surface area contributed by atoms with Crippen LogP contribution in [-0.2, 0) is 0 Å². The minimum absolute atomic E-state index is 0.258. The van der Waals surface area contributed by atoms with E-state index < -0.39 is 0 Å². The first kappa shape index (κ1) is 12.8. The van der Waals surface area contributed by atoms with Gasteiger partial charge in [-0.2, -0.15) is 10.5 Å². The minimum Gasteiger partial charge on any atom is -0.339 e. The summed E-state index contributed by atoms with van der Waals surface area (Å²) in [7, 11) is 0. The molecule has 0 saturated carbocycles. The van der Waals surface area contributed by atoms with Crippen molar-refractivity contribution in [2.45, 2.75) is 0 Å². The summed E-state index contributed by atoms with van der Waals surface area (Å²) >= 11 is 3.12. The largest absolute Gasteiger partial charge is 0.339 e. The molecule has 2 rings (SSSR count).